The Kier molecular flexibility index (Phi) is 4.25. The van der Waals surface area contributed by atoms with E-state index in [0.717, 1.165) is 17.7 Å². The zero-order chi connectivity index (χ0) is 13.1. The van der Waals surface area contributed by atoms with Gasteiger partial charge in [-0.15, -0.1) is 0 Å². The van der Waals surface area contributed by atoms with Gasteiger partial charge in [0.15, 0.2) is 0 Å². The number of allylic oxidation sites excluding steroid dienone is 1. The van der Waals surface area contributed by atoms with Crippen LogP contribution in [0.4, 0.5) is 10.1 Å². The predicted molar refractivity (Wildman–Crippen MR) is 65.4 cm³/mol. The van der Waals surface area contributed by atoms with Crippen molar-refractivity contribution in [3.05, 3.63) is 35.7 Å². The van der Waals surface area contributed by atoms with Gasteiger partial charge in [0.1, 0.15) is 10.7 Å². The molecule has 1 aromatic carbocycles. The fraction of sp³-hybridized carbons (Fsp3) is 0.273. The first-order valence-electron chi connectivity index (χ1n) is 5.01. The highest BCUT2D eigenvalue weighted by Gasteiger charge is 2.18. The van der Waals surface area contributed by atoms with E-state index in [1.807, 2.05) is 13.8 Å². The Balaban J connectivity index is 2.97. The van der Waals surface area contributed by atoms with Gasteiger partial charge in [-0.25, -0.2) is 17.5 Å². The third kappa shape index (κ3) is 3.83. The summed E-state index contributed by atoms with van der Waals surface area (Å²) in [5, 5.41) is 0. The average molecular weight is 258 g/mol. The van der Waals surface area contributed by atoms with E-state index in [-0.39, 0.29) is 12.2 Å². The lowest BCUT2D eigenvalue weighted by atomic mass is 10.3. The largest absolute Gasteiger partial charge is 0.399 e. The zero-order valence-electron chi connectivity index (χ0n) is 9.70. The molecule has 0 saturated carbocycles. The molecule has 0 unspecified atom stereocenters. The molecule has 3 N–H and O–H groups in total. The van der Waals surface area contributed by atoms with E-state index in [0.29, 0.717) is 0 Å². The number of nitrogens with two attached hydrogens (primary N) is 1. The fourth-order valence-corrected chi connectivity index (χ4v) is 2.23. The highest BCUT2D eigenvalue weighted by Crippen LogP contribution is 2.17. The van der Waals surface area contributed by atoms with Crippen LogP contribution in [0.3, 0.4) is 0 Å². The number of benzene rings is 1. The molecule has 17 heavy (non-hydrogen) atoms. The van der Waals surface area contributed by atoms with Crippen LogP contribution >= 0.6 is 0 Å². The number of hydrogen-bond acceptors (Lipinski definition) is 3. The second kappa shape index (κ2) is 5.29. The molecule has 0 aliphatic rings. The fourth-order valence-electron chi connectivity index (χ4n) is 1.16. The highest BCUT2D eigenvalue weighted by molar-refractivity contribution is 7.89. The summed E-state index contributed by atoms with van der Waals surface area (Å²) in [6, 6.07) is 3.44. The number of halogens is 1. The Morgan fingerprint density at radius 2 is 2.12 bits per heavy atom. The van der Waals surface area contributed by atoms with Gasteiger partial charge in [-0.1, -0.05) is 11.6 Å². The van der Waals surface area contributed by atoms with Crippen molar-refractivity contribution in [1.82, 2.24) is 4.72 Å². The van der Waals surface area contributed by atoms with Crippen LogP contribution in [0.15, 0.2) is 34.7 Å². The van der Waals surface area contributed by atoms with E-state index < -0.39 is 20.7 Å². The minimum Gasteiger partial charge on any atom is -0.399 e. The summed E-state index contributed by atoms with van der Waals surface area (Å²) in [5.41, 5.74) is 6.61. The SMILES string of the molecule is CC(C)=CCNS(=O)(=O)c1cc(N)ccc1F. The molecule has 0 aliphatic heterocycles. The molecule has 0 aliphatic carbocycles. The first kappa shape index (κ1) is 13.7. The van der Waals surface area contributed by atoms with Gasteiger partial charge in [0, 0.05) is 12.2 Å². The van der Waals surface area contributed by atoms with E-state index in [2.05, 4.69) is 4.72 Å². The Labute approximate surface area is 100 Å². The van der Waals surface area contributed by atoms with E-state index in [9.17, 15) is 12.8 Å². The summed E-state index contributed by atoms with van der Waals surface area (Å²) in [6.45, 7) is 3.81. The smallest absolute Gasteiger partial charge is 0.243 e. The molecule has 0 spiro atoms. The quantitative estimate of drug-likeness (QED) is 0.637. The Morgan fingerprint density at radius 1 is 1.47 bits per heavy atom. The lowest BCUT2D eigenvalue weighted by Crippen LogP contribution is -2.25. The zero-order valence-corrected chi connectivity index (χ0v) is 10.5. The van der Waals surface area contributed by atoms with E-state index >= 15 is 0 Å². The maximum atomic E-state index is 13.4. The third-order valence-electron chi connectivity index (χ3n) is 2.03. The monoisotopic (exact) mass is 258 g/mol. The summed E-state index contributed by atoms with van der Waals surface area (Å²) in [6.07, 6.45) is 1.70. The van der Waals surface area contributed by atoms with Gasteiger partial charge in [-0.2, -0.15) is 0 Å². The van der Waals surface area contributed by atoms with Gasteiger partial charge in [0.25, 0.3) is 0 Å². The van der Waals surface area contributed by atoms with Gasteiger partial charge in [-0.05, 0) is 32.0 Å². The van der Waals surface area contributed by atoms with Crippen LogP contribution in [0.1, 0.15) is 13.8 Å². The summed E-state index contributed by atoms with van der Waals surface area (Å²) in [7, 11) is -3.86. The van der Waals surface area contributed by atoms with E-state index in [1.165, 1.54) is 6.07 Å². The molecule has 0 bridgehead atoms. The predicted octanol–water partition coefficient (Wildman–Crippen LogP) is 1.65. The van der Waals surface area contributed by atoms with Crippen molar-refractivity contribution < 1.29 is 12.8 Å². The molecule has 0 aromatic heterocycles. The summed E-state index contributed by atoms with van der Waals surface area (Å²) >= 11 is 0. The van der Waals surface area contributed by atoms with Crippen LogP contribution in [-0.2, 0) is 10.0 Å². The van der Waals surface area contributed by atoms with Gasteiger partial charge in [0.05, 0.1) is 0 Å². The summed E-state index contributed by atoms with van der Waals surface area (Å²) in [5.74, 6) is -0.816. The molecular formula is C11H15FN2O2S. The number of sulfonamides is 1. The molecule has 0 atom stereocenters. The van der Waals surface area contributed by atoms with Crippen molar-refractivity contribution in [2.24, 2.45) is 0 Å². The van der Waals surface area contributed by atoms with Crippen molar-refractivity contribution in [2.45, 2.75) is 18.7 Å². The number of nitrogens with one attached hydrogen (secondary N) is 1. The average Bonchev–Trinajstić information content (AvgIpc) is 2.20. The maximum absolute atomic E-state index is 13.4. The Hall–Kier alpha value is -1.40. The molecule has 1 aromatic rings. The molecule has 0 fully saturated rings. The van der Waals surface area contributed by atoms with Crippen LogP contribution in [0, 0.1) is 5.82 Å². The number of anilines is 1. The van der Waals surface area contributed by atoms with Crippen LogP contribution in [-0.4, -0.2) is 15.0 Å². The topological polar surface area (TPSA) is 72.2 Å². The van der Waals surface area contributed by atoms with Crippen LogP contribution in [0.5, 0.6) is 0 Å². The van der Waals surface area contributed by atoms with Crippen molar-refractivity contribution in [2.75, 3.05) is 12.3 Å². The molecule has 0 radical (unpaired) electrons. The van der Waals surface area contributed by atoms with Crippen LogP contribution in [0.2, 0.25) is 0 Å². The molecule has 0 heterocycles. The molecule has 4 nitrogen and oxygen atoms in total. The van der Waals surface area contributed by atoms with Crippen LogP contribution in [0.25, 0.3) is 0 Å². The van der Waals surface area contributed by atoms with Crippen LogP contribution < -0.4 is 10.5 Å². The second-order valence-electron chi connectivity index (χ2n) is 3.82. The lowest BCUT2D eigenvalue weighted by Gasteiger charge is -2.06. The van der Waals surface area contributed by atoms with Gasteiger partial charge < -0.3 is 5.73 Å². The Bertz CT molecular complexity index is 534. The van der Waals surface area contributed by atoms with E-state index in [4.69, 9.17) is 5.73 Å². The third-order valence-corrected chi connectivity index (χ3v) is 3.47. The van der Waals surface area contributed by atoms with Gasteiger partial charge >= 0.3 is 0 Å². The second-order valence-corrected chi connectivity index (χ2v) is 5.56. The van der Waals surface area contributed by atoms with Crippen molar-refractivity contribution in [1.29, 1.82) is 0 Å². The minimum atomic E-state index is -3.86. The van der Waals surface area contributed by atoms with Crippen molar-refractivity contribution >= 4 is 15.7 Å². The number of hydrogen-bond donors (Lipinski definition) is 2. The number of nitrogen functional groups attached to an aromatic ring is 1. The normalized spacial score (nSPS) is 11.2. The standard InChI is InChI=1S/C11H15FN2O2S/c1-8(2)5-6-14-17(15,16)11-7-9(13)3-4-10(11)12/h3-5,7,14H,6,13H2,1-2H3. The summed E-state index contributed by atoms with van der Waals surface area (Å²) in [4.78, 5) is -0.431. The minimum absolute atomic E-state index is 0.124. The highest BCUT2D eigenvalue weighted by atomic mass is 32.2. The molecule has 6 heteroatoms. The van der Waals surface area contributed by atoms with E-state index in [1.54, 1.807) is 6.08 Å². The molecular weight excluding hydrogens is 243 g/mol. The van der Waals surface area contributed by atoms with Gasteiger partial charge in [-0.3, -0.25) is 0 Å². The molecule has 0 saturated heterocycles. The first-order valence-corrected chi connectivity index (χ1v) is 6.49. The lowest BCUT2D eigenvalue weighted by molar-refractivity contribution is 0.560. The molecule has 94 valence electrons. The summed E-state index contributed by atoms with van der Waals surface area (Å²) < 4.78 is 39.1. The van der Waals surface area contributed by atoms with Gasteiger partial charge in [0.2, 0.25) is 10.0 Å². The molecule has 1 rings (SSSR count). The first-order chi connectivity index (χ1) is 7.83. The van der Waals surface area contributed by atoms with Crippen molar-refractivity contribution in [3.63, 3.8) is 0 Å². The molecule has 0 amide bonds. The number of rotatable bonds is 4. The Morgan fingerprint density at radius 3 is 2.71 bits per heavy atom. The maximum Gasteiger partial charge on any atom is 0.243 e. The van der Waals surface area contributed by atoms with Crippen molar-refractivity contribution in [3.8, 4) is 0 Å².